The second kappa shape index (κ2) is 8.61. The Morgan fingerprint density at radius 1 is 1.25 bits per heavy atom. The van der Waals surface area contributed by atoms with Gasteiger partial charge in [-0.05, 0) is 30.9 Å². The van der Waals surface area contributed by atoms with Crippen LogP contribution < -0.4 is 10.1 Å². The molecule has 1 aromatic carbocycles. The number of esters is 1. The minimum absolute atomic E-state index is 0.0828. The van der Waals surface area contributed by atoms with Gasteiger partial charge in [-0.1, -0.05) is 31.9 Å². The van der Waals surface area contributed by atoms with E-state index < -0.39 is 25.1 Å². The van der Waals surface area contributed by atoms with Crippen LogP contribution in [0.2, 0.25) is 0 Å². The molecular formula is C17H21F2NO4. The molecule has 2 atom stereocenters. The molecule has 0 aromatic heterocycles. The van der Waals surface area contributed by atoms with E-state index in [-0.39, 0.29) is 17.4 Å². The lowest BCUT2D eigenvalue weighted by molar-refractivity contribution is -0.125. The van der Waals surface area contributed by atoms with Gasteiger partial charge in [0, 0.05) is 6.04 Å². The average molecular weight is 341 g/mol. The first-order chi connectivity index (χ1) is 11.5. The summed E-state index contributed by atoms with van der Waals surface area (Å²) in [6.07, 6.45) is 4.19. The summed E-state index contributed by atoms with van der Waals surface area (Å²) in [5.41, 5.74) is -0.142. The van der Waals surface area contributed by atoms with E-state index in [1.807, 2.05) is 0 Å². The fraction of sp³-hybridized carbons (Fsp3) is 0.529. The molecule has 132 valence electrons. The zero-order valence-electron chi connectivity index (χ0n) is 13.5. The number of carbonyl (C=O) groups excluding carboxylic acids is 2. The third-order valence-corrected chi connectivity index (χ3v) is 4.12. The van der Waals surface area contributed by atoms with E-state index >= 15 is 0 Å². The Morgan fingerprint density at radius 2 is 1.96 bits per heavy atom. The summed E-state index contributed by atoms with van der Waals surface area (Å²) in [7, 11) is 0. The second-order valence-electron chi connectivity index (χ2n) is 5.89. The highest BCUT2D eigenvalue weighted by molar-refractivity contribution is 5.94. The Kier molecular flexibility index (Phi) is 6.52. The maximum Gasteiger partial charge on any atom is 0.387 e. The summed E-state index contributed by atoms with van der Waals surface area (Å²) in [4.78, 5) is 23.9. The van der Waals surface area contributed by atoms with Crippen LogP contribution in [0.4, 0.5) is 8.78 Å². The lowest BCUT2D eigenvalue weighted by Gasteiger charge is -2.29. The van der Waals surface area contributed by atoms with Crippen molar-refractivity contribution < 1.29 is 27.8 Å². The lowest BCUT2D eigenvalue weighted by Crippen LogP contribution is -2.42. The van der Waals surface area contributed by atoms with Crippen LogP contribution in [0.5, 0.6) is 5.75 Å². The van der Waals surface area contributed by atoms with E-state index in [0.29, 0.717) is 5.92 Å². The van der Waals surface area contributed by atoms with Gasteiger partial charge in [-0.25, -0.2) is 4.79 Å². The molecule has 1 aliphatic rings. The van der Waals surface area contributed by atoms with E-state index in [4.69, 9.17) is 4.74 Å². The van der Waals surface area contributed by atoms with E-state index in [2.05, 4.69) is 17.0 Å². The molecule has 5 nitrogen and oxygen atoms in total. The fourth-order valence-electron chi connectivity index (χ4n) is 2.82. The van der Waals surface area contributed by atoms with Crippen LogP contribution in [0.3, 0.4) is 0 Å². The van der Waals surface area contributed by atoms with Crippen molar-refractivity contribution in [1.82, 2.24) is 5.32 Å². The molecular weight excluding hydrogens is 320 g/mol. The van der Waals surface area contributed by atoms with Crippen molar-refractivity contribution >= 4 is 11.9 Å². The van der Waals surface area contributed by atoms with Gasteiger partial charge in [0.1, 0.15) is 11.3 Å². The Morgan fingerprint density at radius 3 is 2.67 bits per heavy atom. The van der Waals surface area contributed by atoms with Crippen LogP contribution in [0.1, 0.15) is 43.0 Å². The van der Waals surface area contributed by atoms with Crippen LogP contribution in [0.25, 0.3) is 0 Å². The van der Waals surface area contributed by atoms with Crippen molar-refractivity contribution in [3.05, 3.63) is 29.8 Å². The van der Waals surface area contributed by atoms with Crippen LogP contribution >= 0.6 is 0 Å². The number of rotatable bonds is 6. The minimum Gasteiger partial charge on any atom is -0.452 e. The third-order valence-electron chi connectivity index (χ3n) is 4.12. The van der Waals surface area contributed by atoms with Gasteiger partial charge in [-0.15, -0.1) is 0 Å². The second-order valence-corrected chi connectivity index (χ2v) is 5.89. The number of para-hydroxylation sites is 1. The molecule has 2 rings (SSSR count). The van der Waals surface area contributed by atoms with Gasteiger partial charge < -0.3 is 14.8 Å². The summed E-state index contributed by atoms with van der Waals surface area (Å²) in [6.45, 7) is -1.42. The smallest absolute Gasteiger partial charge is 0.387 e. The molecule has 0 aliphatic heterocycles. The van der Waals surface area contributed by atoms with E-state index in [1.54, 1.807) is 0 Å². The highest BCUT2D eigenvalue weighted by Gasteiger charge is 2.23. The number of hydrogen-bond acceptors (Lipinski definition) is 4. The van der Waals surface area contributed by atoms with Gasteiger partial charge in [-0.3, -0.25) is 4.79 Å². The molecule has 0 unspecified atom stereocenters. The number of hydrogen-bond donors (Lipinski definition) is 1. The molecule has 0 spiro atoms. The van der Waals surface area contributed by atoms with E-state index in [9.17, 15) is 18.4 Å². The number of amides is 1. The molecule has 24 heavy (non-hydrogen) atoms. The molecule has 0 heterocycles. The van der Waals surface area contributed by atoms with Gasteiger partial charge in [0.15, 0.2) is 6.61 Å². The number of ether oxygens (including phenoxy) is 2. The molecule has 1 saturated carbocycles. The first kappa shape index (κ1) is 18.2. The number of alkyl halides is 2. The highest BCUT2D eigenvalue weighted by Crippen LogP contribution is 2.24. The summed E-state index contributed by atoms with van der Waals surface area (Å²) in [5, 5.41) is 2.85. The van der Waals surface area contributed by atoms with Crippen LogP contribution in [0.15, 0.2) is 24.3 Å². The fourth-order valence-corrected chi connectivity index (χ4v) is 2.82. The van der Waals surface area contributed by atoms with Gasteiger partial charge in [0.25, 0.3) is 5.91 Å². The predicted octanol–water partition coefficient (Wildman–Crippen LogP) is 3.14. The summed E-state index contributed by atoms with van der Waals surface area (Å²) in [6, 6.07) is 5.59. The number of carbonyl (C=O) groups is 2. The average Bonchev–Trinajstić information content (AvgIpc) is 2.55. The minimum atomic E-state index is -3.05. The van der Waals surface area contributed by atoms with Crippen LogP contribution in [-0.4, -0.2) is 31.1 Å². The summed E-state index contributed by atoms with van der Waals surface area (Å²) in [5.74, 6) is -1.16. The van der Waals surface area contributed by atoms with Crippen molar-refractivity contribution in [1.29, 1.82) is 0 Å². The van der Waals surface area contributed by atoms with Crippen molar-refractivity contribution in [2.75, 3.05) is 6.61 Å². The Labute approximate surface area is 139 Å². The van der Waals surface area contributed by atoms with Gasteiger partial charge in [-0.2, -0.15) is 8.78 Å². The molecule has 0 saturated heterocycles. The maximum atomic E-state index is 12.3. The first-order valence-electron chi connectivity index (χ1n) is 7.97. The van der Waals surface area contributed by atoms with Crippen LogP contribution in [0, 0.1) is 5.92 Å². The molecule has 0 bridgehead atoms. The lowest BCUT2D eigenvalue weighted by atomic mass is 9.86. The molecule has 1 fully saturated rings. The standard InChI is InChI=1S/C17H21F2NO4/c1-11-6-2-4-8-13(11)20-15(21)10-23-16(22)12-7-3-5-9-14(12)24-17(18)19/h3,5,7,9,11,13,17H,2,4,6,8,10H2,1H3,(H,20,21)/t11-,13+/m0/s1. The molecule has 1 N–H and O–H groups in total. The van der Waals surface area contributed by atoms with Crippen molar-refractivity contribution in [2.24, 2.45) is 5.92 Å². The quantitative estimate of drug-likeness (QED) is 0.808. The van der Waals surface area contributed by atoms with Crippen molar-refractivity contribution in [3.63, 3.8) is 0 Å². The molecule has 1 amide bonds. The Hall–Kier alpha value is -2.18. The number of benzene rings is 1. The van der Waals surface area contributed by atoms with Gasteiger partial charge in [0.2, 0.25) is 0 Å². The monoisotopic (exact) mass is 341 g/mol. The molecule has 1 aliphatic carbocycles. The predicted molar refractivity (Wildman–Crippen MR) is 82.9 cm³/mol. The van der Waals surface area contributed by atoms with E-state index in [1.165, 1.54) is 24.3 Å². The summed E-state index contributed by atoms with van der Waals surface area (Å²) < 4.78 is 33.9. The molecule has 1 aromatic rings. The van der Waals surface area contributed by atoms with E-state index in [0.717, 1.165) is 25.7 Å². The topological polar surface area (TPSA) is 64.6 Å². The first-order valence-corrected chi connectivity index (χ1v) is 7.97. The highest BCUT2D eigenvalue weighted by atomic mass is 19.3. The largest absolute Gasteiger partial charge is 0.452 e. The number of nitrogens with one attached hydrogen (secondary N) is 1. The maximum absolute atomic E-state index is 12.3. The normalized spacial score (nSPS) is 20.5. The van der Waals surface area contributed by atoms with Crippen molar-refractivity contribution in [2.45, 2.75) is 45.3 Å². The zero-order chi connectivity index (χ0) is 17.5. The molecule has 7 heteroatoms. The van der Waals surface area contributed by atoms with Gasteiger partial charge >= 0.3 is 12.6 Å². The summed E-state index contributed by atoms with van der Waals surface area (Å²) >= 11 is 0. The molecule has 0 radical (unpaired) electrons. The Bertz CT molecular complexity index is 579. The van der Waals surface area contributed by atoms with Crippen molar-refractivity contribution in [3.8, 4) is 5.75 Å². The zero-order valence-corrected chi connectivity index (χ0v) is 13.5. The number of halogens is 2. The SMILES string of the molecule is C[C@H]1CCCC[C@H]1NC(=O)COC(=O)c1ccccc1OC(F)F. The Balaban J connectivity index is 1.87. The van der Waals surface area contributed by atoms with Gasteiger partial charge in [0.05, 0.1) is 0 Å². The van der Waals surface area contributed by atoms with Crippen LogP contribution in [-0.2, 0) is 9.53 Å². The third kappa shape index (κ3) is 5.18.